The van der Waals surface area contributed by atoms with Crippen molar-refractivity contribution in [3.8, 4) is 5.75 Å². The number of amides is 1. The third kappa shape index (κ3) is 2.44. The smallest absolute Gasteiger partial charge is 0.311 e. The maximum absolute atomic E-state index is 12.5. The Morgan fingerprint density at radius 3 is 2.90 bits per heavy atom. The molecule has 1 aromatic carbocycles. The highest BCUT2D eigenvalue weighted by Gasteiger charge is 2.34. The first-order valence-corrected chi connectivity index (χ1v) is 7.07. The molecule has 1 atom stereocenters. The number of aromatic hydroxyl groups is 1. The number of nitro groups is 1. The molecule has 0 unspecified atom stereocenters. The molecule has 112 valence electrons. The number of phenols is 1. The van der Waals surface area contributed by atoms with E-state index in [1.807, 2.05) is 0 Å². The molecule has 2 aliphatic heterocycles. The predicted octanol–water partition coefficient (Wildman–Crippen LogP) is 1.22. The Balaban J connectivity index is 1.82. The zero-order chi connectivity index (χ0) is 15.0. The molecule has 2 fully saturated rings. The third-order valence-corrected chi connectivity index (χ3v) is 4.32. The molecule has 1 aromatic rings. The standard InChI is InChI=1S/C14H17N3O4/c18-13-11(4-1-5-12(13)17(20)21)14(19)16-8-7-15-6-2-3-10(15)9-16/h1,4-5,10,18H,2-3,6-9H2/t10-/m1/s1. The maximum Gasteiger partial charge on any atom is 0.311 e. The number of carbonyl (C=O) groups excluding carboxylic acids is 1. The van der Waals surface area contributed by atoms with E-state index in [2.05, 4.69) is 4.90 Å². The van der Waals surface area contributed by atoms with Gasteiger partial charge in [0.25, 0.3) is 5.91 Å². The van der Waals surface area contributed by atoms with Crippen molar-refractivity contribution in [1.82, 2.24) is 9.80 Å². The van der Waals surface area contributed by atoms with Gasteiger partial charge in [-0.05, 0) is 25.5 Å². The SMILES string of the molecule is O=C(c1cccc([N+](=O)[O-])c1O)N1CCN2CCC[C@@H]2C1. The molecular weight excluding hydrogens is 274 g/mol. The molecule has 1 amide bonds. The molecule has 0 aliphatic carbocycles. The number of phenolic OH excluding ortho intramolecular Hbond substituents is 1. The number of benzene rings is 1. The molecule has 3 rings (SSSR count). The van der Waals surface area contributed by atoms with E-state index in [-0.39, 0.29) is 11.5 Å². The first-order chi connectivity index (χ1) is 10.1. The lowest BCUT2D eigenvalue weighted by molar-refractivity contribution is -0.385. The van der Waals surface area contributed by atoms with Crippen LogP contribution in [0.2, 0.25) is 0 Å². The van der Waals surface area contributed by atoms with Gasteiger partial charge in [0.1, 0.15) is 0 Å². The fourth-order valence-corrected chi connectivity index (χ4v) is 3.20. The highest BCUT2D eigenvalue weighted by Crippen LogP contribution is 2.31. The lowest BCUT2D eigenvalue weighted by atomic mass is 10.1. The van der Waals surface area contributed by atoms with Crippen molar-refractivity contribution >= 4 is 11.6 Å². The Morgan fingerprint density at radius 2 is 2.14 bits per heavy atom. The minimum absolute atomic E-state index is 0.00986. The van der Waals surface area contributed by atoms with Gasteiger partial charge in [-0.15, -0.1) is 0 Å². The van der Waals surface area contributed by atoms with Crippen molar-refractivity contribution in [2.45, 2.75) is 18.9 Å². The topological polar surface area (TPSA) is 86.9 Å². The van der Waals surface area contributed by atoms with Crippen molar-refractivity contribution in [3.05, 3.63) is 33.9 Å². The fourth-order valence-electron chi connectivity index (χ4n) is 3.20. The molecule has 21 heavy (non-hydrogen) atoms. The molecule has 0 radical (unpaired) electrons. The van der Waals surface area contributed by atoms with Gasteiger partial charge in [0.2, 0.25) is 5.75 Å². The second-order valence-corrected chi connectivity index (χ2v) is 5.51. The number of piperazine rings is 1. The quantitative estimate of drug-likeness (QED) is 0.654. The van der Waals surface area contributed by atoms with E-state index >= 15 is 0 Å². The fraction of sp³-hybridized carbons (Fsp3) is 0.500. The summed E-state index contributed by atoms with van der Waals surface area (Å²) in [6.07, 6.45) is 2.22. The second kappa shape index (κ2) is 5.33. The third-order valence-electron chi connectivity index (χ3n) is 4.32. The zero-order valence-electron chi connectivity index (χ0n) is 11.6. The lowest BCUT2D eigenvalue weighted by Crippen LogP contribution is -2.52. The molecule has 7 nitrogen and oxygen atoms in total. The Bertz CT molecular complexity index is 590. The minimum Gasteiger partial charge on any atom is -0.502 e. The summed E-state index contributed by atoms with van der Waals surface area (Å²) in [6, 6.07) is 4.44. The van der Waals surface area contributed by atoms with Crippen LogP contribution in [0.15, 0.2) is 18.2 Å². The van der Waals surface area contributed by atoms with Gasteiger partial charge < -0.3 is 10.0 Å². The summed E-state index contributed by atoms with van der Waals surface area (Å²) < 4.78 is 0. The summed E-state index contributed by atoms with van der Waals surface area (Å²) in [6.45, 7) is 3.12. The molecule has 2 heterocycles. The van der Waals surface area contributed by atoms with Gasteiger partial charge in [0, 0.05) is 31.7 Å². The molecule has 0 saturated carbocycles. The van der Waals surface area contributed by atoms with Crippen LogP contribution in [-0.4, -0.2) is 58.0 Å². The Morgan fingerprint density at radius 1 is 1.33 bits per heavy atom. The molecule has 2 aliphatic rings. The van der Waals surface area contributed by atoms with Crippen LogP contribution in [0.3, 0.4) is 0 Å². The first kappa shape index (κ1) is 13.8. The van der Waals surface area contributed by atoms with Crippen LogP contribution in [-0.2, 0) is 0 Å². The van der Waals surface area contributed by atoms with Gasteiger partial charge in [-0.25, -0.2) is 0 Å². The van der Waals surface area contributed by atoms with Gasteiger partial charge in [-0.2, -0.15) is 0 Å². The van der Waals surface area contributed by atoms with Crippen LogP contribution >= 0.6 is 0 Å². The summed E-state index contributed by atoms with van der Waals surface area (Å²) in [5.41, 5.74) is -0.420. The van der Waals surface area contributed by atoms with Crippen LogP contribution in [0.1, 0.15) is 23.2 Å². The van der Waals surface area contributed by atoms with Crippen molar-refractivity contribution in [3.63, 3.8) is 0 Å². The van der Waals surface area contributed by atoms with Gasteiger partial charge >= 0.3 is 5.69 Å². The van der Waals surface area contributed by atoms with Gasteiger partial charge in [-0.1, -0.05) is 6.07 Å². The minimum atomic E-state index is -0.680. The van der Waals surface area contributed by atoms with E-state index in [1.165, 1.54) is 18.2 Å². The number of hydrogen-bond acceptors (Lipinski definition) is 5. The van der Waals surface area contributed by atoms with E-state index in [1.54, 1.807) is 4.90 Å². The Labute approximate surface area is 121 Å². The number of fused-ring (bicyclic) bond motifs is 1. The molecule has 2 saturated heterocycles. The largest absolute Gasteiger partial charge is 0.502 e. The van der Waals surface area contributed by atoms with E-state index in [0.717, 1.165) is 25.9 Å². The van der Waals surface area contributed by atoms with Crippen LogP contribution in [0.25, 0.3) is 0 Å². The average molecular weight is 291 g/mol. The van der Waals surface area contributed by atoms with E-state index < -0.39 is 16.4 Å². The zero-order valence-corrected chi connectivity index (χ0v) is 11.6. The number of para-hydroxylation sites is 1. The number of nitrogens with zero attached hydrogens (tertiary/aromatic N) is 3. The van der Waals surface area contributed by atoms with Crippen molar-refractivity contribution in [1.29, 1.82) is 0 Å². The van der Waals surface area contributed by atoms with Crippen molar-refractivity contribution < 1.29 is 14.8 Å². The summed E-state index contributed by atoms with van der Waals surface area (Å²) in [7, 11) is 0. The van der Waals surface area contributed by atoms with Crippen LogP contribution in [0, 0.1) is 10.1 Å². The van der Waals surface area contributed by atoms with Crippen molar-refractivity contribution in [2.75, 3.05) is 26.2 Å². The number of rotatable bonds is 2. The average Bonchev–Trinajstić information content (AvgIpc) is 2.93. The van der Waals surface area contributed by atoms with Gasteiger partial charge in [0.15, 0.2) is 0 Å². The Hall–Kier alpha value is -2.15. The summed E-state index contributed by atoms with van der Waals surface area (Å²) in [5, 5.41) is 20.8. The van der Waals surface area contributed by atoms with Crippen LogP contribution in [0.5, 0.6) is 5.75 Å². The Kier molecular flexibility index (Phi) is 3.50. The lowest BCUT2D eigenvalue weighted by Gasteiger charge is -2.37. The van der Waals surface area contributed by atoms with Crippen LogP contribution < -0.4 is 0 Å². The highest BCUT2D eigenvalue weighted by molar-refractivity contribution is 5.98. The van der Waals surface area contributed by atoms with Crippen LogP contribution in [0.4, 0.5) is 5.69 Å². The molecule has 0 bridgehead atoms. The molecule has 1 N–H and O–H groups in total. The van der Waals surface area contributed by atoms with E-state index in [9.17, 15) is 20.0 Å². The molecule has 0 spiro atoms. The first-order valence-electron chi connectivity index (χ1n) is 7.07. The van der Waals surface area contributed by atoms with E-state index in [4.69, 9.17) is 0 Å². The predicted molar refractivity (Wildman–Crippen MR) is 75.3 cm³/mol. The highest BCUT2D eigenvalue weighted by atomic mass is 16.6. The monoisotopic (exact) mass is 291 g/mol. The summed E-state index contributed by atoms with van der Waals surface area (Å²) >= 11 is 0. The normalized spacial score (nSPS) is 22.1. The maximum atomic E-state index is 12.5. The van der Waals surface area contributed by atoms with Gasteiger partial charge in [-0.3, -0.25) is 19.8 Å². The summed E-state index contributed by atoms with van der Waals surface area (Å²) in [5.74, 6) is -0.871. The second-order valence-electron chi connectivity index (χ2n) is 5.51. The number of carbonyl (C=O) groups is 1. The molecule has 0 aromatic heterocycles. The van der Waals surface area contributed by atoms with Crippen molar-refractivity contribution in [2.24, 2.45) is 0 Å². The molecule has 7 heteroatoms. The van der Waals surface area contributed by atoms with Gasteiger partial charge in [0.05, 0.1) is 10.5 Å². The summed E-state index contributed by atoms with van der Waals surface area (Å²) in [4.78, 5) is 26.7. The number of hydrogen-bond donors (Lipinski definition) is 1. The molecular formula is C14H17N3O4. The number of nitro benzene ring substituents is 1. The van der Waals surface area contributed by atoms with E-state index in [0.29, 0.717) is 19.1 Å².